The summed E-state index contributed by atoms with van der Waals surface area (Å²) in [7, 11) is -1.97. The van der Waals surface area contributed by atoms with Gasteiger partial charge in [0.25, 0.3) is 11.8 Å². The molecule has 5 aromatic rings. The number of hydrogen-bond donors (Lipinski definition) is 8. The van der Waals surface area contributed by atoms with Crippen LogP contribution in [0.5, 0.6) is 11.5 Å². The number of anilines is 3. The standard InChI is InChI=1S/C76H98Cl2N11O22P/c1-45(2)65(84-58(91)15-20-103-22-24-105-26-28-107-30-31-108-29-27-106-25-23-104-21-19-87-59(92)13-14-60(87)93)55(90)32-49(8-7-16-80-71(79)97)68(94)83-52-11-9-48(10-12-52)41-109-72(98)85(5)17-18-86(6)73(99)110-56-33-53-63(61-46(3)37-81-66(56)61)50(35-77)39-88(53)69(95)74-42-75(44-76(74,75)43-74)70(96)89-40-51(36-78)64-54(89)34-57(111-112(100,101)102)67-62(64)47(4)38-82-67/h9-14,33-34,37-38,45,49-51,65,81-82H,7-8,15-32,35-36,39-44H2,1-6H3,(H,83,94)(H,84,91)(H3,79,80,97)(H2,100,101,102)/t49-,50-,51-,65+,74?,75?,76?/m1/s1. The Bertz CT molecular complexity index is 4420. The Morgan fingerprint density at radius 3 is 1.67 bits per heavy atom. The summed E-state index contributed by atoms with van der Waals surface area (Å²) in [6.45, 7) is 11.6. The molecule has 9 N–H and O–H groups in total. The highest BCUT2D eigenvalue weighted by molar-refractivity contribution is 7.46. The zero-order valence-corrected chi connectivity index (χ0v) is 65.9. The fourth-order valence-electron chi connectivity index (χ4n) is 16.0. The average Bonchev–Trinajstić information content (AvgIpc) is 1.39. The monoisotopic (exact) mass is 1620 g/mol. The summed E-state index contributed by atoms with van der Waals surface area (Å²) in [4.78, 5) is 166. The van der Waals surface area contributed by atoms with E-state index in [0.29, 0.717) is 118 Å². The van der Waals surface area contributed by atoms with E-state index < -0.39 is 66.1 Å². The van der Waals surface area contributed by atoms with Crippen molar-refractivity contribution >= 4 is 129 Å². The number of halogens is 2. The maximum atomic E-state index is 15.2. The van der Waals surface area contributed by atoms with Crippen LogP contribution in [0.2, 0.25) is 0 Å². The van der Waals surface area contributed by atoms with Gasteiger partial charge >= 0.3 is 26.0 Å². The van der Waals surface area contributed by atoms with Crippen molar-refractivity contribution in [2.75, 3.05) is 160 Å². The summed E-state index contributed by atoms with van der Waals surface area (Å²) in [6.07, 6.45) is 6.08. The molecule has 3 aliphatic carbocycles. The van der Waals surface area contributed by atoms with Crippen LogP contribution in [0.15, 0.2) is 60.9 Å². The van der Waals surface area contributed by atoms with Gasteiger partial charge in [-0.25, -0.2) is 18.9 Å². The van der Waals surface area contributed by atoms with Crippen LogP contribution in [-0.4, -0.2) is 244 Å². The van der Waals surface area contributed by atoms with E-state index in [1.165, 1.54) is 42.1 Å². The third kappa shape index (κ3) is 18.7. The number of phosphoric ester groups is 1. The van der Waals surface area contributed by atoms with Crippen molar-refractivity contribution in [3.05, 3.63) is 88.8 Å². The topological polar surface area (TPSA) is 421 Å². The number of Topliss-reactive ketones (excluding diaryl/α,β-unsaturated/α-hetero) is 1. The highest BCUT2D eigenvalue weighted by Crippen LogP contribution is 3.01. The molecule has 0 saturated heterocycles. The van der Waals surface area contributed by atoms with E-state index in [-0.39, 0.29) is 162 Å². The van der Waals surface area contributed by atoms with Gasteiger partial charge in [-0.2, -0.15) is 0 Å². The molecule has 33 nitrogen and oxygen atoms in total. The van der Waals surface area contributed by atoms with Crippen LogP contribution < -0.4 is 40.7 Å². The van der Waals surface area contributed by atoms with Crippen LogP contribution in [0.1, 0.15) is 98.4 Å². The van der Waals surface area contributed by atoms with Crippen molar-refractivity contribution in [3.8, 4) is 11.5 Å². The first-order valence-corrected chi connectivity index (χ1v) is 40.0. The number of H-pyrrole nitrogens is 2. The Labute approximate surface area is 656 Å². The molecule has 3 aromatic carbocycles. The van der Waals surface area contributed by atoms with Crippen molar-refractivity contribution in [3.63, 3.8) is 0 Å². The van der Waals surface area contributed by atoms with E-state index >= 15 is 4.79 Å². The Morgan fingerprint density at radius 2 is 1.18 bits per heavy atom. The Morgan fingerprint density at radius 1 is 0.688 bits per heavy atom. The molecule has 7 atom stereocenters. The van der Waals surface area contributed by atoms with E-state index in [2.05, 4.69) is 25.9 Å². The number of urea groups is 1. The van der Waals surface area contributed by atoms with Crippen molar-refractivity contribution < 1.29 is 105 Å². The number of hydrogen-bond acceptors (Lipinski definition) is 20. The SMILES string of the molecule is Cc1c[nH]c2c(OC(=O)N(C)CCN(C)C(=O)OCc3ccc(NC(=O)[C@H](CCCNC(N)=O)CC(=O)[C@@H](NC(=O)CCOCCOCCOCCOCCOCCOCCN4C(=O)C=CC4=O)C(C)C)cc3)cc3c(c12)[C@H](CCl)CN3C(=O)C12CC3(C(=O)N4C[C@@H](CCl)c5c4cc(OP(=O)(O)O)c4[nH]cc(C)c54)CC13C2. The molecule has 608 valence electrons. The number of carbonyl (C=O) groups is 10. The second kappa shape index (κ2) is 36.6. The van der Waals surface area contributed by atoms with Gasteiger partial charge < -0.3 is 93.7 Å². The van der Waals surface area contributed by atoms with Crippen molar-refractivity contribution in [1.82, 2.24) is 35.3 Å². The van der Waals surface area contributed by atoms with Gasteiger partial charge in [-0.15, -0.1) is 23.2 Å². The number of primary amides is 1. The summed E-state index contributed by atoms with van der Waals surface area (Å²) in [5.41, 5.74) is 9.21. The number of ketones is 1. The number of alkyl halides is 2. The fraction of sp³-hybridized carbons (Fsp3) is 0.553. The summed E-state index contributed by atoms with van der Waals surface area (Å²) >= 11 is 13.3. The summed E-state index contributed by atoms with van der Waals surface area (Å²) in [5, 5.41) is 9.61. The molecular weight excluding hydrogens is 1520 g/mol. The predicted octanol–water partition coefficient (Wildman–Crippen LogP) is 7.16. The minimum atomic E-state index is -5.00. The zero-order valence-electron chi connectivity index (χ0n) is 63.5. The first-order valence-electron chi connectivity index (χ1n) is 37.4. The number of carbonyl (C=O) groups excluding carboxylic acids is 10. The molecule has 10 amide bonds. The highest BCUT2D eigenvalue weighted by atomic mass is 35.5. The number of nitrogens with one attached hydrogen (secondary N) is 5. The number of likely N-dealkylation sites (N-methyl/N-ethyl adjacent to an activating group) is 2. The smallest absolute Gasteiger partial charge is 0.445 e. The number of fused-ring (bicyclic) bond motifs is 6. The van der Waals surface area contributed by atoms with E-state index in [1.54, 1.807) is 66.4 Å². The molecule has 2 aromatic heterocycles. The summed E-state index contributed by atoms with van der Waals surface area (Å²) in [5.74, 6) is -3.56. The summed E-state index contributed by atoms with van der Waals surface area (Å²) in [6, 6.07) is 8.06. The quantitative estimate of drug-likeness (QED) is 0.00829. The lowest BCUT2D eigenvalue weighted by molar-refractivity contribution is -0.138. The lowest BCUT2D eigenvalue weighted by atomic mass is 9.72. The normalized spacial score (nSPS) is 20.3. The van der Waals surface area contributed by atoms with Crippen molar-refractivity contribution in [1.29, 1.82) is 0 Å². The second-order valence-corrected chi connectivity index (χ2v) is 31.4. The van der Waals surface area contributed by atoms with Crippen LogP contribution in [0.4, 0.5) is 31.4 Å². The first kappa shape index (κ1) is 84.2. The maximum Gasteiger partial charge on any atom is 0.524 e. The highest BCUT2D eigenvalue weighted by Gasteiger charge is 3.01. The molecule has 0 bridgehead atoms. The number of nitrogens with zero attached hydrogens (tertiary/aromatic N) is 5. The van der Waals surface area contributed by atoms with Crippen LogP contribution in [0.25, 0.3) is 21.8 Å². The zero-order chi connectivity index (χ0) is 80.4. The molecular formula is C76H98Cl2N11O22P. The number of rotatable bonds is 44. The molecule has 36 heteroatoms. The van der Waals surface area contributed by atoms with Crippen LogP contribution >= 0.6 is 31.0 Å². The number of imide groups is 1. The number of aryl methyl sites for hydroxylation is 2. The molecule has 3 unspecified atom stereocenters. The lowest BCUT2D eigenvalue weighted by Gasteiger charge is -2.37. The minimum Gasteiger partial charge on any atom is -0.445 e. The van der Waals surface area contributed by atoms with Gasteiger partial charge in [0.2, 0.25) is 23.6 Å². The van der Waals surface area contributed by atoms with Crippen LogP contribution in [-0.2, 0) is 77.9 Å². The van der Waals surface area contributed by atoms with E-state index in [1.807, 2.05) is 13.8 Å². The fourth-order valence-corrected chi connectivity index (χ4v) is 16.9. The van der Waals surface area contributed by atoms with E-state index in [4.69, 9.17) is 71.4 Å². The van der Waals surface area contributed by atoms with Gasteiger partial charge in [0.1, 0.15) is 6.61 Å². The van der Waals surface area contributed by atoms with Gasteiger partial charge in [0, 0.05) is 148 Å². The van der Waals surface area contributed by atoms with Gasteiger partial charge in [-0.05, 0) is 91.8 Å². The number of ether oxygens (including phenoxy) is 8. The molecule has 3 fully saturated rings. The molecule has 112 heavy (non-hydrogen) atoms. The molecule has 3 aliphatic heterocycles. The molecule has 0 radical (unpaired) electrons. The molecule has 5 heterocycles. The van der Waals surface area contributed by atoms with Crippen molar-refractivity contribution in [2.24, 2.45) is 33.8 Å². The third-order valence-electron chi connectivity index (χ3n) is 21.8. The van der Waals surface area contributed by atoms with Crippen LogP contribution in [0, 0.1) is 41.9 Å². The Balaban J connectivity index is 0.593. The number of nitrogens with two attached hydrogens (primary N) is 1. The predicted molar refractivity (Wildman–Crippen MR) is 410 cm³/mol. The number of aromatic nitrogens is 2. The molecule has 1 spiro atoms. The number of amides is 10. The minimum absolute atomic E-state index is 0.0272. The van der Waals surface area contributed by atoms with Gasteiger partial charge in [0.15, 0.2) is 17.3 Å². The van der Waals surface area contributed by atoms with E-state index in [9.17, 15) is 57.5 Å². The maximum absolute atomic E-state index is 15.2. The second-order valence-electron chi connectivity index (χ2n) is 29.6. The number of aromatic amines is 2. The van der Waals surface area contributed by atoms with E-state index in [0.717, 1.165) is 32.5 Å². The Hall–Kier alpha value is -8.73. The van der Waals surface area contributed by atoms with Gasteiger partial charge in [-0.3, -0.25) is 48.2 Å². The van der Waals surface area contributed by atoms with Crippen molar-refractivity contribution in [2.45, 2.75) is 97.1 Å². The largest absolute Gasteiger partial charge is 0.524 e. The van der Waals surface area contributed by atoms with Gasteiger partial charge in [-0.1, -0.05) is 26.0 Å². The lowest BCUT2D eigenvalue weighted by Crippen LogP contribution is -2.49. The molecule has 6 aliphatic rings. The number of phosphoric acid groups is 1. The molecule has 3 saturated carbocycles. The molecule has 11 rings (SSSR count). The van der Waals surface area contributed by atoms with Crippen LogP contribution in [0.3, 0.4) is 0 Å². The van der Waals surface area contributed by atoms with Gasteiger partial charge in [0.05, 0.1) is 125 Å². The number of benzene rings is 3. The first-order chi connectivity index (χ1) is 53.6. The average molecular weight is 1620 g/mol. The Kier molecular flexibility index (Phi) is 27.5. The summed E-state index contributed by atoms with van der Waals surface area (Å²) < 4.78 is 62.0. The third-order valence-corrected chi connectivity index (χ3v) is 23.0.